The largest absolute Gasteiger partial charge is 0.198 e. The Balaban J connectivity index is 1.98. The number of allylic oxidation sites excluding steroid dienone is 1. The summed E-state index contributed by atoms with van der Waals surface area (Å²) in [7, 11) is 0. The van der Waals surface area contributed by atoms with Crippen LogP contribution in [0.5, 0.6) is 0 Å². The normalized spacial score (nSPS) is 52.2. The van der Waals surface area contributed by atoms with Crippen LogP contribution < -0.4 is 0 Å². The number of hydrogen-bond acceptors (Lipinski definition) is 1. The third kappa shape index (κ3) is 0.817. The van der Waals surface area contributed by atoms with Crippen molar-refractivity contribution in [2.45, 2.75) is 25.7 Å². The molecule has 0 saturated heterocycles. The lowest BCUT2D eigenvalue weighted by molar-refractivity contribution is 0.252. The van der Waals surface area contributed by atoms with Crippen molar-refractivity contribution in [3.63, 3.8) is 0 Å². The molecule has 0 radical (unpaired) electrons. The molecule has 3 aliphatic rings. The van der Waals surface area contributed by atoms with E-state index in [0.29, 0.717) is 11.8 Å². The molecule has 0 heterocycles. The molecule has 13 heavy (non-hydrogen) atoms. The molecule has 3 saturated carbocycles. The fourth-order valence-electron chi connectivity index (χ4n) is 4.21. The second-order valence-electron chi connectivity index (χ2n) is 5.03. The van der Waals surface area contributed by atoms with Crippen LogP contribution in [-0.2, 0) is 0 Å². The highest BCUT2D eigenvalue weighted by molar-refractivity contribution is 5.23. The van der Waals surface area contributed by atoms with Crippen molar-refractivity contribution in [1.29, 1.82) is 5.26 Å². The Morgan fingerprint density at radius 1 is 1.31 bits per heavy atom. The highest BCUT2D eigenvalue weighted by atomic mass is 14.6. The van der Waals surface area contributed by atoms with Crippen LogP contribution in [0.2, 0.25) is 0 Å². The molecule has 1 nitrogen and oxygen atoms in total. The van der Waals surface area contributed by atoms with Gasteiger partial charge in [0.2, 0.25) is 0 Å². The highest BCUT2D eigenvalue weighted by Crippen LogP contribution is 2.61. The molecule has 5 atom stereocenters. The van der Waals surface area contributed by atoms with E-state index in [1.165, 1.54) is 24.8 Å². The number of rotatable bonds is 0. The standard InChI is InChI=1S/C12H15N/c1-7-4-10(6-13)12-9-3-2-8(5-9)11(7)12/h8-12H,1-5H2/t8-,9+,10-,11+,12+/m0/s1. The van der Waals surface area contributed by atoms with Crippen LogP contribution in [0.1, 0.15) is 25.7 Å². The molecule has 3 fully saturated rings. The minimum atomic E-state index is 0.313. The van der Waals surface area contributed by atoms with Crippen molar-refractivity contribution in [1.82, 2.24) is 0 Å². The van der Waals surface area contributed by atoms with Crippen molar-refractivity contribution < 1.29 is 0 Å². The zero-order valence-corrected chi connectivity index (χ0v) is 7.87. The van der Waals surface area contributed by atoms with Gasteiger partial charge in [0.1, 0.15) is 0 Å². The molecule has 0 unspecified atom stereocenters. The first kappa shape index (κ1) is 7.62. The van der Waals surface area contributed by atoms with Gasteiger partial charge in [-0.05, 0) is 49.4 Å². The van der Waals surface area contributed by atoms with Gasteiger partial charge in [-0.15, -0.1) is 0 Å². The number of fused-ring (bicyclic) bond motifs is 5. The molecular weight excluding hydrogens is 158 g/mol. The summed E-state index contributed by atoms with van der Waals surface area (Å²) in [4.78, 5) is 0. The Labute approximate surface area is 79.4 Å². The highest BCUT2D eigenvalue weighted by Gasteiger charge is 2.54. The summed E-state index contributed by atoms with van der Waals surface area (Å²) >= 11 is 0. The van der Waals surface area contributed by atoms with E-state index in [2.05, 4.69) is 12.6 Å². The summed E-state index contributed by atoms with van der Waals surface area (Å²) < 4.78 is 0. The first-order valence-corrected chi connectivity index (χ1v) is 5.38. The van der Waals surface area contributed by atoms with Gasteiger partial charge in [-0.25, -0.2) is 0 Å². The van der Waals surface area contributed by atoms with Crippen LogP contribution in [0.15, 0.2) is 12.2 Å². The van der Waals surface area contributed by atoms with Crippen LogP contribution in [0.3, 0.4) is 0 Å². The van der Waals surface area contributed by atoms with Crippen LogP contribution in [0.4, 0.5) is 0 Å². The molecule has 0 amide bonds. The van der Waals surface area contributed by atoms with E-state index in [0.717, 1.165) is 24.2 Å². The third-order valence-electron chi connectivity index (χ3n) is 4.56. The van der Waals surface area contributed by atoms with Crippen LogP contribution in [0, 0.1) is 40.9 Å². The van der Waals surface area contributed by atoms with Crippen molar-refractivity contribution in [2.75, 3.05) is 0 Å². The van der Waals surface area contributed by atoms with Crippen molar-refractivity contribution in [3.8, 4) is 6.07 Å². The third-order valence-corrected chi connectivity index (χ3v) is 4.56. The Kier molecular flexibility index (Phi) is 1.39. The molecule has 2 bridgehead atoms. The quantitative estimate of drug-likeness (QED) is 0.517. The van der Waals surface area contributed by atoms with Crippen molar-refractivity contribution >= 4 is 0 Å². The lowest BCUT2D eigenvalue weighted by Gasteiger charge is -2.26. The second kappa shape index (κ2) is 2.38. The molecule has 68 valence electrons. The predicted molar refractivity (Wildman–Crippen MR) is 50.7 cm³/mol. The number of nitrogens with zero attached hydrogens (tertiary/aromatic N) is 1. The van der Waals surface area contributed by atoms with Crippen molar-refractivity contribution in [2.24, 2.45) is 29.6 Å². The van der Waals surface area contributed by atoms with E-state index in [-0.39, 0.29) is 0 Å². The summed E-state index contributed by atoms with van der Waals surface area (Å²) in [5, 5.41) is 9.07. The number of hydrogen-bond donors (Lipinski definition) is 0. The Bertz CT molecular complexity index is 299. The van der Waals surface area contributed by atoms with Gasteiger partial charge in [0.25, 0.3) is 0 Å². The molecule has 0 N–H and O–H groups in total. The minimum absolute atomic E-state index is 0.313. The maximum Gasteiger partial charge on any atom is 0.0662 e. The number of nitriles is 1. The smallest absolute Gasteiger partial charge is 0.0662 e. The molecule has 0 aromatic rings. The molecule has 0 spiro atoms. The van der Waals surface area contributed by atoms with E-state index in [1.54, 1.807) is 0 Å². The summed E-state index contributed by atoms with van der Waals surface area (Å²) in [5.74, 6) is 3.53. The zero-order chi connectivity index (χ0) is 9.00. The fraction of sp³-hybridized carbons (Fsp3) is 0.750. The molecule has 0 aliphatic heterocycles. The maximum atomic E-state index is 9.07. The average molecular weight is 173 g/mol. The van der Waals surface area contributed by atoms with E-state index in [9.17, 15) is 0 Å². The van der Waals surface area contributed by atoms with Crippen LogP contribution in [0.25, 0.3) is 0 Å². The van der Waals surface area contributed by atoms with E-state index >= 15 is 0 Å². The molecule has 0 aromatic carbocycles. The first-order chi connectivity index (χ1) is 6.31. The van der Waals surface area contributed by atoms with Gasteiger partial charge in [-0.2, -0.15) is 5.26 Å². The second-order valence-corrected chi connectivity index (χ2v) is 5.03. The van der Waals surface area contributed by atoms with Gasteiger partial charge in [-0.1, -0.05) is 12.2 Å². The maximum absolute atomic E-state index is 9.07. The monoisotopic (exact) mass is 173 g/mol. The first-order valence-electron chi connectivity index (χ1n) is 5.38. The predicted octanol–water partition coefficient (Wildman–Crippen LogP) is 2.75. The molecule has 1 heteroatoms. The van der Waals surface area contributed by atoms with E-state index < -0.39 is 0 Å². The van der Waals surface area contributed by atoms with Gasteiger partial charge < -0.3 is 0 Å². The van der Waals surface area contributed by atoms with Gasteiger partial charge in [-0.3, -0.25) is 0 Å². The minimum Gasteiger partial charge on any atom is -0.198 e. The van der Waals surface area contributed by atoms with Crippen LogP contribution in [-0.4, -0.2) is 0 Å². The Morgan fingerprint density at radius 3 is 2.85 bits per heavy atom. The molecule has 3 rings (SSSR count). The summed E-state index contributed by atoms with van der Waals surface area (Å²) in [5.41, 5.74) is 1.39. The Morgan fingerprint density at radius 2 is 2.08 bits per heavy atom. The Hall–Kier alpha value is -0.770. The summed E-state index contributed by atoms with van der Waals surface area (Å²) in [6.45, 7) is 4.16. The van der Waals surface area contributed by atoms with Crippen molar-refractivity contribution in [3.05, 3.63) is 12.2 Å². The SMILES string of the molecule is C=C1C[C@@H](C#N)[C@H]2[C@@H]3CC[C@@H](C3)[C@@H]12. The van der Waals surface area contributed by atoms with Crippen LogP contribution >= 0.6 is 0 Å². The lowest BCUT2D eigenvalue weighted by Crippen LogP contribution is -2.21. The fourth-order valence-corrected chi connectivity index (χ4v) is 4.21. The van der Waals surface area contributed by atoms with Gasteiger partial charge >= 0.3 is 0 Å². The summed E-state index contributed by atoms with van der Waals surface area (Å²) in [6, 6.07) is 2.49. The zero-order valence-electron chi connectivity index (χ0n) is 7.87. The molecule has 3 aliphatic carbocycles. The van der Waals surface area contributed by atoms with Gasteiger partial charge in [0.05, 0.1) is 12.0 Å². The van der Waals surface area contributed by atoms with Gasteiger partial charge in [0, 0.05) is 0 Å². The van der Waals surface area contributed by atoms with E-state index in [4.69, 9.17) is 5.26 Å². The van der Waals surface area contributed by atoms with Gasteiger partial charge in [0.15, 0.2) is 0 Å². The lowest BCUT2D eigenvalue weighted by atomic mass is 9.78. The molecule has 0 aromatic heterocycles. The average Bonchev–Trinajstić information content (AvgIpc) is 2.76. The topological polar surface area (TPSA) is 23.8 Å². The van der Waals surface area contributed by atoms with E-state index in [1.807, 2.05) is 0 Å². The molecular formula is C12H15N. The summed E-state index contributed by atoms with van der Waals surface area (Å²) in [6.07, 6.45) is 5.19.